The minimum Gasteiger partial charge on any atom is -0.477 e. The Morgan fingerprint density at radius 1 is 0.470 bits per heavy atom. The molecule has 2 atom stereocenters. The third-order valence-electron chi connectivity index (χ3n) is 11.5. The molecule has 0 aromatic rings. The lowest BCUT2D eigenvalue weighted by Crippen LogP contribution is -2.50. The molecule has 0 aromatic carbocycles. The van der Waals surface area contributed by atoms with Gasteiger partial charge < -0.3 is 23.8 Å². The number of quaternary nitrogens is 1. The van der Waals surface area contributed by atoms with Crippen LogP contribution in [0.2, 0.25) is 0 Å². The fraction of sp³-hybridized carbons (Fsp3) is 0.707. The number of carboxylic acid groups (broad SMARTS) is 1. The Morgan fingerprint density at radius 2 is 0.848 bits per heavy atom. The Morgan fingerprint density at radius 3 is 1.26 bits per heavy atom. The summed E-state index contributed by atoms with van der Waals surface area (Å²) < 4.78 is 17.4. The molecule has 0 heterocycles. The van der Waals surface area contributed by atoms with Crippen molar-refractivity contribution in [3.63, 3.8) is 0 Å². The average molecular weight is 923 g/mol. The molecule has 8 heteroatoms. The fourth-order valence-electron chi connectivity index (χ4n) is 7.44. The number of likely N-dealkylation sites (N-methyl/N-ethyl adjacent to an activating group) is 1. The zero-order valence-electron chi connectivity index (χ0n) is 43.1. The van der Waals surface area contributed by atoms with E-state index in [0.29, 0.717) is 19.3 Å². The first-order valence-electron chi connectivity index (χ1n) is 26.6. The third-order valence-corrected chi connectivity index (χ3v) is 11.5. The van der Waals surface area contributed by atoms with Crippen molar-refractivity contribution in [2.45, 2.75) is 225 Å². The Hall–Kier alpha value is -3.49. The summed E-state index contributed by atoms with van der Waals surface area (Å²) in [6.07, 6.45) is 63.4. The molecule has 0 radical (unpaired) electrons. The van der Waals surface area contributed by atoms with E-state index in [0.717, 1.165) is 96.3 Å². The maximum absolute atomic E-state index is 12.8. The van der Waals surface area contributed by atoms with Crippen molar-refractivity contribution in [1.82, 2.24) is 0 Å². The van der Waals surface area contributed by atoms with Crippen molar-refractivity contribution in [3.8, 4) is 0 Å². The summed E-state index contributed by atoms with van der Waals surface area (Å²) in [5.41, 5.74) is 0. The molecular formula is C58H100NO7+. The van der Waals surface area contributed by atoms with Gasteiger partial charge >= 0.3 is 17.9 Å². The number of carboxylic acids is 1. The van der Waals surface area contributed by atoms with Crippen LogP contribution in [0.25, 0.3) is 0 Å². The van der Waals surface area contributed by atoms with Gasteiger partial charge in [-0.15, -0.1) is 0 Å². The van der Waals surface area contributed by atoms with E-state index in [1.807, 2.05) is 21.1 Å². The summed E-state index contributed by atoms with van der Waals surface area (Å²) in [6, 6.07) is -0.623. The van der Waals surface area contributed by atoms with Crippen LogP contribution in [0.4, 0.5) is 0 Å². The maximum atomic E-state index is 12.8. The van der Waals surface area contributed by atoms with Crippen molar-refractivity contribution in [3.05, 3.63) is 85.1 Å². The summed E-state index contributed by atoms with van der Waals surface area (Å²) in [6.45, 7) is 4.59. The normalized spacial score (nSPS) is 13.5. The van der Waals surface area contributed by atoms with Crippen LogP contribution >= 0.6 is 0 Å². The number of rotatable bonds is 47. The highest BCUT2D eigenvalue weighted by atomic mass is 16.6. The van der Waals surface area contributed by atoms with Crippen LogP contribution in [0, 0.1) is 0 Å². The molecule has 1 N–H and O–H groups in total. The van der Waals surface area contributed by atoms with Crippen LogP contribution < -0.4 is 0 Å². The molecule has 0 bridgehead atoms. The molecule has 0 aromatic heterocycles. The predicted octanol–water partition coefficient (Wildman–Crippen LogP) is 15.6. The summed E-state index contributed by atoms with van der Waals surface area (Å²) in [5.74, 6) is -1.49. The molecule has 0 fully saturated rings. The number of carbonyl (C=O) groups is 3. The zero-order valence-corrected chi connectivity index (χ0v) is 43.1. The highest BCUT2D eigenvalue weighted by Crippen LogP contribution is 2.15. The Bertz CT molecular complexity index is 1350. The lowest BCUT2D eigenvalue weighted by Gasteiger charge is -2.31. The molecule has 0 saturated heterocycles. The second-order valence-corrected chi connectivity index (χ2v) is 18.7. The molecule has 0 aliphatic heterocycles. The van der Waals surface area contributed by atoms with Gasteiger partial charge in [0.2, 0.25) is 0 Å². The van der Waals surface area contributed by atoms with Gasteiger partial charge in [0.25, 0.3) is 0 Å². The minimum absolute atomic E-state index is 0.0509. The Kier molecular flexibility index (Phi) is 45.4. The SMILES string of the molecule is CC/C=C/C/C=C/C/C=C/C/C=C/CCCCCCCCCC(=O)OC(COCCC(C(=O)O)[N+](C)(C)C)COC(=O)CCCCCCCCCCC/C=C/C/C=C/C/C=C/CCCCC. The molecular weight excluding hydrogens is 823 g/mol. The molecule has 0 rings (SSSR count). The summed E-state index contributed by atoms with van der Waals surface area (Å²) in [7, 11) is 5.53. The topological polar surface area (TPSA) is 99.1 Å². The number of hydrogen-bond acceptors (Lipinski definition) is 6. The Balaban J connectivity index is 4.26. The highest BCUT2D eigenvalue weighted by Gasteiger charge is 2.31. The zero-order chi connectivity index (χ0) is 48.4. The van der Waals surface area contributed by atoms with E-state index >= 15 is 0 Å². The number of aliphatic carboxylic acids is 1. The van der Waals surface area contributed by atoms with Gasteiger partial charge in [-0.2, -0.15) is 0 Å². The molecule has 378 valence electrons. The van der Waals surface area contributed by atoms with Gasteiger partial charge in [-0.05, 0) is 89.9 Å². The second-order valence-electron chi connectivity index (χ2n) is 18.7. The number of unbranched alkanes of at least 4 members (excludes halogenated alkanes) is 19. The van der Waals surface area contributed by atoms with Crippen LogP contribution in [0.3, 0.4) is 0 Å². The van der Waals surface area contributed by atoms with Crippen LogP contribution in [0.15, 0.2) is 85.1 Å². The lowest BCUT2D eigenvalue weighted by atomic mass is 10.1. The van der Waals surface area contributed by atoms with E-state index in [1.165, 1.54) is 83.5 Å². The van der Waals surface area contributed by atoms with E-state index in [4.69, 9.17) is 14.2 Å². The van der Waals surface area contributed by atoms with Gasteiger partial charge in [0.1, 0.15) is 6.61 Å². The molecule has 0 saturated carbocycles. The van der Waals surface area contributed by atoms with E-state index in [1.54, 1.807) is 0 Å². The van der Waals surface area contributed by atoms with Gasteiger partial charge in [0, 0.05) is 19.3 Å². The van der Waals surface area contributed by atoms with Gasteiger partial charge in [0.15, 0.2) is 12.1 Å². The van der Waals surface area contributed by atoms with Gasteiger partial charge in [-0.3, -0.25) is 9.59 Å². The van der Waals surface area contributed by atoms with Crippen molar-refractivity contribution >= 4 is 17.9 Å². The molecule has 66 heavy (non-hydrogen) atoms. The van der Waals surface area contributed by atoms with Crippen LogP contribution in [0.1, 0.15) is 213 Å². The smallest absolute Gasteiger partial charge is 0.362 e. The third kappa shape index (κ3) is 45.7. The first kappa shape index (κ1) is 62.5. The largest absolute Gasteiger partial charge is 0.477 e. The fourth-order valence-corrected chi connectivity index (χ4v) is 7.44. The number of hydrogen-bond donors (Lipinski definition) is 1. The quantitative estimate of drug-likeness (QED) is 0.0281. The van der Waals surface area contributed by atoms with Crippen LogP contribution in [-0.2, 0) is 28.6 Å². The standard InChI is InChI=1S/C58H99NO7/c1-6-8-10-12-14-16-18-20-22-24-26-28-29-31-32-34-36-38-40-42-44-46-48-56(60)65-53-54(52-64-51-50-55(58(62)63)59(3,4)5)66-57(61)49-47-45-43-41-39-37-35-33-30-27-25-23-21-19-17-15-13-11-9-7-2/h9,11,14-17,20-23,26-28,30,54-55H,6-8,10,12-13,18-19,24-25,29,31-53H2,1-5H3/p+1/b11-9+,16-14+,17-15+,22-20+,23-21+,28-26+,30-27+. The number of allylic oxidation sites excluding steroid dienone is 14. The molecule has 8 nitrogen and oxygen atoms in total. The van der Waals surface area contributed by atoms with Gasteiger partial charge in [-0.25, -0.2) is 4.79 Å². The summed E-state index contributed by atoms with van der Waals surface area (Å²) in [4.78, 5) is 37.2. The van der Waals surface area contributed by atoms with Crippen LogP contribution in [0.5, 0.6) is 0 Å². The number of ether oxygens (including phenoxy) is 3. The Labute approximate surface area is 405 Å². The van der Waals surface area contributed by atoms with Crippen molar-refractivity contribution in [2.24, 2.45) is 0 Å². The number of esters is 2. The molecule has 0 aliphatic carbocycles. The van der Waals surface area contributed by atoms with E-state index in [-0.39, 0.29) is 36.2 Å². The molecule has 0 aliphatic rings. The van der Waals surface area contributed by atoms with Crippen molar-refractivity contribution in [2.75, 3.05) is 41.0 Å². The maximum Gasteiger partial charge on any atom is 0.362 e. The van der Waals surface area contributed by atoms with Crippen molar-refractivity contribution < 1.29 is 38.2 Å². The van der Waals surface area contributed by atoms with Gasteiger partial charge in [0.05, 0.1) is 34.4 Å². The first-order chi connectivity index (χ1) is 32.1. The van der Waals surface area contributed by atoms with Crippen molar-refractivity contribution in [1.29, 1.82) is 0 Å². The molecule has 2 unspecified atom stereocenters. The minimum atomic E-state index is -0.880. The number of carbonyl (C=O) groups excluding carboxylic acids is 2. The van der Waals surface area contributed by atoms with Crippen LogP contribution in [-0.4, -0.2) is 80.6 Å². The van der Waals surface area contributed by atoms with E-state index in [2.05, 4.69) is 98.9 Å². The van der Waals surface area contributed by atoms with Gasteiger partial charge in [-0.1, -0.05) is 189 Å². The molecule has 0 amide bonds. The molecule has 0 spiro atoms. The summed E-state index contributed by atoms with van der Waals surface area (Å²) >= 11 is 0. The first-order valence-corrected chi connectivity index (χ1v) is 26.6. The monoisotopic (exact) mass is 923 g/mol. The van der Waals surface area contributed by atoms with E-state index in [9.17, 15) is 19.5 Å². The number of nitrogens with zero attached hydrogens (tertiary/aromatic N) is 1. The summed E-state index contributed by atoms with van der Waals surface area (Å²) in [5, 5.41) is 9.66. The lowest BCUT2D eigenvalue weighted by molar-refractivity contribution is -0.887. The van der Waals surface area contributed by atoms with E-state index < -0.39 is 18.1 Å². The average Bonchev–Trinajstić information content (AvgIpc) is 3.28. The second kappa shape index (κ2) is 48.0. The predicted molar refractivity (Wildman–Crippen MR) is 280 cm³/mol. The highest BCUT2D eigenvalue weighted by molar-refractivity contribution is 5.72.